The van der Waals surface area contributed by atoms with Gasteiger partial charge in [-0.25, -0.2) is 14.5 Å². The summed E-state index contributed by atoms with van der Waals surface area (Å²) in [4.78, 5) is 42.8. The third-order valence-corrected chi connectivity index (χ3v) is 4.91. The van der Waals surface area contributed by atoms with Crippen LogP contribution in [0.1, 0.15) is 41.4 Å². The minimum absolute atomic E-state index is 0.0408. The van der Waals surface area contributed by atoms with Crippen molar-refractivity contribution < 1.29 is 19.1 Å². The Morgan fingerprint density at radius 2 is 1.85 bits per heavy atom. The second-order valence-corrected chi connectivity index (χ2v) is 7.94. The molecule has 0 bridgehead atoms. The quantitative estimate of drug-likeness (QED) is 0.530. The number of hydrogen-bond donors (Lipinski definition) is 1. The first-order chi connectivity index (χ1) is 15.8. The van der Waals surface area contributed by atoms with E-state index in [1.807, 2.05) is 39.0 Å². The molecule has 0 fully saturated rings. The van der Waals surface area contributed by atoms with E-state index in [2.05, 4.69) is 15.4 Å². The number of aromatic nitrogens is 3. The van der Waals surface area contributed by atoms with Crippen LogP contribution < -0.4 is 5.32 Å². The molecule has 0 saturated carbocycles. The first kappa shape index (κ1) is 23.6. The molecule has 0 aliphatic rings. The van der Waals surface area contributed by atoms with E-state index in [0.29, 0.717) is 17.2 Å². The van der Waals surface area contributed by atoms with Crippen LogP contribution in [0.15, 0.2) is 54.9 Å². The van der Waals surface area contributed by atoms with E-state index in [-0.39, 0.29) is 23.9 Å². The van der Waals surface area contributed by atoms with Gasteiger partial charge in [0.1, 0.15) is 5.56 Å². The van der Waals surface area contributed by atoms with Gasteiger partial charge in [-0.2, -0.15) is 5.10 Å². The Morgan fingerprint density at radius 1 is 1.12 bits per heavy atom. The zero-order valence-corrected chi connectivity index (χ0v) is 19.1. The number of nitrogens with one attached hydrogen (secondary N) is 1. The average molecular weight is 450 g/mol. The summed E-state index contributed by atoms with van der Waals surface area (Å²) in [7, 11) is 1.48. The topological polar surface area (TPSA) is 106 Å². The summed E-state index contributed by atoms with van der Waals surface area (Å²) in [5.74, 6) is -0.964. The van der Waals surface area contributed by atoms with Crippen molar-refractivity contribution in [2.24, 2.45) is 0 Å². The van der Waals surface area contributed by atoms with Crippen LogP contribution in [0.2, 0.25) is 0 Å². The third-order valence-electron chi connectivity index (χ3n) is 4.91. The van der Waals surface area contributed by atoms with E-state index < -0.39 is 18.5 Å². The average Bonchev–Trinajstić information content (AvgIpc) is 3.25. The van der Waals surface area contributed by atoms with Crippen LogP contribution in [0, 0.1) is 6.92 Å². The molecule has 0 spiro atoms. The number of hydrogen-bond acceptors (Lipinski definition) is 6. The SMILES string of the molecule is Cc1ccc(NC(=O)CN(C)C(=O)COC(=O)c2cnn(-c3ccccn3)c2C(C)C)cc1. The van der Waals surface area contributed by atoms with Crippen LogP contribution in [-0.2, 0) is 14.3 Å². The van der Waals surface area contributed by atoms with E-state index in [1.165, 1.54) is 18.1 Å². The van der Waals surface area contributed by atoms with E-state index in [0.717, 1.165) is 5.56 Å². The molecule has 0 aliphatic carbocycles. The highest BCUT2D eigenvalue weighted by Gasteiger charge is 2.24. The number of nitrogens with zero attached hydrogens (tertiary/aromatic N) is 4. The van der Waals surface area contributed by atoms with Crippen LogP contribution in [0.3, 0.4) is 0 Å². The number of likely N-dealkylation sites (N-methyl/N-ethyl adjacent to an activating group) is 1. The predicted molar refractivity (Wildman–Crippen MR) is 123 cm³/mol. The molecule has 33 heavy (non-hydrogen) atoms. The van der Waals surface area contributed by atoms with Gasteiger partial charge in [0.05, 0.1) is 18.4 Å². The number of benzene rings is 1. The van der Waals surface area contributed by atoms with Crippen LogP contribution in [0.25, 0.3) is 5.82 Å². The standard InChI is InChI=1S/C24H27N5O4/c1-16(2)23-19(13-26-29(23)20-7-5-6-12-25-20)24(32)33-15-22(31)28(4)14-21(30)27-18-10-8-17(3)9-11-18/h5-13,16H,14-15H2,1-4H3,(H,27,30). The van der Waals surface area contributed by atoms with Gasteiger partial charge in [0.25, 0.3) is 5.91 Å². The maximum absolute atomic E-state index is 12.7. The van der Waals surface area contributed by atoms with Crippen LogP contribution in [-0.4, -0.2) is 57.6 Å². The lowest BCUT2D eigenvalue weighted by Crippen LogP contribution is -2.37. The summed E-state index contributed by atoms with van der Waals surface area (Å²) in [5, 5.41) is 7.01. The van der Waals surface area contributed by atoms with Crippen molar-refractivity contribution in [2.75, 3.05) is 25.5 Å². The fraction of sp³-hybridized carbons (Fsp3) is 0.292. The molecule has 1 aromatic carbocycles. The number of amides is 2. The molecule has 0 aliphatic heterocycles. The zero-order chi connectivity index (χ0) is 24.0. The summed E-state index contributed by atoms with van der Waals surface area (Å²) in [5.41, 5.74) is 2.62. The van der Waals surface area contributed by atoms with Gasteiger partial charge in [-0.05, 0) is 37.1 Å². The summed E-state index contributed by atoms with van der Waals surface area (Å²) in [6.07, 6.45) is 3.05. The molecule has 9 nitrogen and oxygen atoms in total. The van der Waals surface area contributed by atoms with Crippen LogP contribution in [0.4, 0.5) is 5.69 Å². The lowest BCUT2D eigenvalue weighted by atomic mass is 10.1. The number of ether oxygens (including phenoxy) is 1. The highest BCUT2D eigenvalue weighted by atomic mass is 16.5. The van der Waals surface area contributed by atoms with E-state index >= 15 is 0 Å². The largest absolute Gasteiger partial charge is 0.452 e. The van der Waals surface area contributed by atoms with E-state index in [4.69, 9.17) is 4.74 Å². The van der Waals surface area contributed by atoms with Gasteiger partial charge in [-0.15, -0.1) is 0 Å². The first-order valence-corrected chi connectivity index (χ1v) is 10.5. The van der Waals surface area contributed by atoms with Crippen molar-refractivity contribution in [1.82, 2.24) is 19.7 Å². The Labute approximate surface area is 192 Å². The van der Waals surface area contributed by atoms with Crippen molar-refractivity contribution in [2.45, 2.75) is 26.7 Å². The molecule has 2 amide bonds. The molecule has 0 unspecified atom stereocenters. The number of esters is 1. The van der Waals surface area contributed by atoms with Gasteiger partial charge in [-0.3, -0.25) is 9.59 Å². The van der Waals surface area contributed by atoms with Gasteiger partial charge >= 0.3 is 5.97 Å². The first-order valence-electron chi connectivity index (χ1n) is 10.5. The molecule has 9 heteroatoms. The van der Waals surface area contributed by atoms with Crippen LogP contribution >= 0.6 is 0 Å². The molecule has 2 aromatic heterocycles. The number of rotatable bonds is 8. The Hall–Kier alpha value is -4.01. The number of carbonyl (C=O) groups excluding carboxylic acids is 3. The molecule has 3 rings (SSSR count). The van der Waals surface area contributed by atoms with Crippen molar-refractivity contribution in [3.8, 4) is 5.82 Å². The molecule has 3 aromatic rings. The maximum atomic E-state index is 12.7. The highest BCUT2D eigenvalue weighted by molar-refractivity contribution is 5.95. The number of aryl methyl sites for hydroxylation is 1. The summed E-state index contributed by atoms with van der Waals surface area (Å²) < 4.78 is 6.82. The number of carbonyl (C=O) groups is 3. The molecule has 0 saturated heterocycles. The fourth-order valence-corrected chi connectivity index (χ4v) is 3.19. The molecular weight excluding hydrogens is 422 g/mol. The maximum Gasteiger partial charge on any atom is 0.342 e. The second kappa shape index (κ2) is 10.5. The highest BCUT2D eigenvalue weighted by Crippen LogP contribution is 2.23. The Kier molecular flexibility index (Phi) is 7.55. The van der Waals surface area contributed by atoms with Gasteiger partial charge in [0.2, 0.25) is 5.91 Å². The fourth-order valence-electron chi connectivity index (χ4n) is 3.19. The van der Waals surface area contributed by atoms with Crippen molar-refractivity contribution in [3.05, 3.63) is 71.7 Å². The lowest BCUT2D eigenvalue weighted by Gasteiger charge is -2.17. The Morgan fingerprint density at radius 3 is 2.48 bits per heavy atom. The van der Waals surface area contributed by atoms with Gasteiger partial charge in [-0.1, -0.05) is 37.6 Å². The van der Waals surface area contributed by atoms with E-state index in [9.17, 15) is 14.4 Å². The molecule has 0 atom stereocenters. The third kappa shape index (κ3) is 6.03. The Balaban J connectivity index is 1.58. The molecule has 172 valence electrons. The van der Waals surface area contributed by atoms with Gasteiger partial charge in [0, 0.05) is 18.9 Å². The monoisotopic (exact) mass is 449 g/mol. The second-order valence-electron chi connectivity index (χ2n) is 7.94. The number of anilines is 1. The summed E-state index contributed by atoms with van der Waals surface area (Å²) in [6, 6.07) is 12.7. The predicted octanol–water partition coefficient (Wildman–Crippen LogP) is 2.95. The minimum Gasteiger partial charge on any atom is -0.452 e. The Bertz CT molecular complexity index is 1120. The summed E-state index contributed by atoms with van der Waals surface area (Å²) >= 11 is 0. The smallest absolute Gasteiger partial charge is 0.342 e. The van der Waals surface area contributed by atoms with Gasteiger partial charge < -0.3 is 15.0 Å². The number of pyridine rings is 1. The van der Waals surface area contributed by atoms with Gasteiger partial charge in [0.15, 0.2) is 12.4 Å². The van der Waals surface area contributed by atoms with Crippen molar-refractivity contribution >= 4 is 23.5 Å². The molecular formula is C24H27N5O4. The molecule has 0 radical (unpaired) electrons. The van der Waals surface area contributed by atoms with Crippen molar-refractivity contribution in [1.29, 1.82) is 0 Å². The zero-order valence-electron chi connectivity index (χ0n) is 19.1. The summed E-state index contributed by atoms with van der Waals surface area (Å²) in [6.45, 7) is 5.16. The lowest BCUT2D eigenvalue weighted by molar-refractivity contribution is -0.136. The molecule has 2 heterocycles. The van der Waals surface area contributed by atoms with Crippen molar-refractivity contribution in [3.63, 3.8) is 0 Å². The minimum atomic E-state index is -0.660. The molecule has 1 N–H and O–H groups in total. The van der Waals surface area contributed by atoms with Crippen LogP contribution in [0.5, 0.6) is 0 Å². The van der Waals surface area contributed by atoms with E-state index in [1.54, 1.807) is 35.1 Å². The normalized spacial score (nSPS) is 10.7.